The van der Waals surface area contributed by atoms with Crippen molar-refractivity contribution in [2.24, 2.45) is 10.9 Å². The first-order valence-electron chi connectivity index (χ1n) is 9.55. The molecule has 2 N–H and O–H groups in total. The first-order valence-corrected chi connectivity index (χ1v) is 9.55. The van der Waals surface area contributed by atoms with Gasteiger partial charge in [0.25, 0.3) is 0 Å². The van der Waals surface area contributed by atoms with Crippen molar-refractivity contribution in [3.8, 4) is 11.5 Å². The highest BCUT2D eigenvalue weighted by Gasteiger charge is 2.19. The molecule has 0 fully saturated rings. The fourth-order valence-corrected chi connectivity index (χ4v) is 3.08. The van der Waals surface area contributed by atoms with Gasteiger partial charge < -0.3 is 20.1 Å². The monoisotopic (exact) mass is 490 g/mol. The molecule has 0 unspecified atom stereocenters. The van der Waals surface area contributed by atoms with Gasteiger partial charge in [-0.3, -0.25) is 9.89 Å². The number of guanidine groups is 1. The molecule has 0 saturated heterocycles. The molecule has 2 rings (SSSR count). The van der Waals surface area contributed by atoms with Crippen LogP contribution in [0.4, 0.5) is 0 Å². The number of nitrogens with one attached hydrogen (secondary N) is 2. The smallest absolute Gasteiger partial charge is 0.191 e. The summed E-state index contributed by atoms with van der Waals surface area (Å²) in [5.74, 6) is 3.10. The van der Waals surface area contributed by atoms with Crippen LogP contribution in [-0.4, -0.2) is 57.8 Å². The van der Waals surface area contributed by atoms with Crippen molar-refractivity contribution in [3.63, 3.8) is 0 Å². The van der Waals surface area contributed by atoms with Crippen LogP contribution in [0.3, 0.4) is 0 Å². The van der Waals surface area contributed by atoms with E-state index in [1.165, 1.54) is 11.1 Å². The Hall–Kier alpha value is -1.22. The minimum atomic E-state index is 0. The fraction of sp³-hybridized carbons (Fsp3) is 0.650. The highest BCUT2D eigenvalue weighted by atomic mass is 127. The van der Waals surface area contributed by atoms with Gasteiger partial charge in [0.1, 0.15) is 0 Å². The topological polar surface area (TPSA) is 58.1 Å². The molecule has 1 heterocycles. The lowest BCUT2D eigenvalue weighted by molar-refractivity contribution is 0.256. The Balaban J connectivity index is 0.00000364. The van der Waals surface area contributed by atoms with Gasteiger partial charge in [-0.2, -0.15) is 0 Å². The Kier molecular flexibility index (Phi) is 10.8. The van der Waals surface area contributed by atoms with E-state index >= 15 is 0 Å². The third-order valence-corrected chi connectivity index (χ3v) is 4.48. The van der Waals surface area contributed by atoms with Crippen LogP contribution in [0, 0.1) is 5.92 Å². The van der Waals surface area contributed by atoms with Gasteiger partial charge >= 0.3 is 0 Å². The van der Waals surface area contributed by atoms with E-state index in [1.54, 1.807) is 14.2 Å². The third-order valence-electron chi connectivity index (χ3n) is 4.48. The second kappa shape index (κ2) is 12.3. The second-order valence-corrected chi connectivity index (χ2v) is 7.04. The number of fused-ring (bicyclic) bond motifs is 1. The molecule has 0 bridgehead atoms. The first-order chi connectivity index (χ1) is 12.6. The molecule has 0 spiro atoms. The van der Waals surface area contributed by atoms with E-state index in [-0.39, 0.29) is 24.0 Å². The highest BCUT2D eigenvalue weighted by molar-refractivity contribution is 14.0. The summed E-state index contributed by atoms with van der Waals surface area (Å²) in [5.41, 5.74) is 2.69. The molecule has 1 aliphatic heterocycles. The lowest BCUT2D eigenvalue weighted by Crippen LogP contribution is -2.42. The van der Waals surface area contributed by atoms with E-state index < -0.39 is 0 Å². The Morgan fingerprint density at radius 3 is 2.41 bits per heavy atom. The van der Waals surface area contributed by atoms with Gasteiger partial charge in [0.05, 0.1) is 14.2 Å². The number of methoxy groups -OCH3 is 2. The minimum absolute atomic E-state index is 0. The van der Waals surface area contributed by atoms with E-state index in [1.807, 2.05) is 0 Å². The lowest BCUT2D eigenvalue weighted by atomic mass is 9.99. The second-order valence-electron chi connectivity index (χ2n) is 7.04. The van der Waals surface area contributed by atoms with Gasteiger partial charge in [0.2, 0.25) is 0 Å². The number of aliphatic imine (C=N–C) groups is 1. The summed E-state index contributed by atoms with van der Waals surface area (Å²) < 4.78 is 10.9. The van der Waals surface area contributed by atoms with Crippen molar-refractivity contribution in [2.75, 3.05) is 46.9 Å². The molecule has 1 aromatic rings. The van der Waals surface area contributed by atoms with E-state index in [2.05, 4.69) is 53.4 Å². The predicted molar refractivity (Wildman–Crippen MR) is 123 cm³/mol. The summed E-state index contributed by atoms with van der Waals surface area (Å²) in [5, 5.41) is 6.75. The summed E-state index contributed by atoms with van der Waals surface area (Å²) in [4.78, 5) is 7.08. The standard InChI is InChI=1S/C20H34N4O2.HI/c1-6-21-20(23-13-15(2)3)22-8-10-24-9-7-16-11-18(25-4)19(26-5)12-17(16)14-24;/h11-12,15H,6-10,13-14H2,1-5H3,(H2,21,22,23);1H. The molecule has 1 aromatic carbocycles. The van der Waals surface area contributed by atoms with Crippen LogP contribution < -0.4 is 20.1 Å². The van der Waals surface area contributed by atoms with Gasteiger partial charge in [-0.05, 0) is 42.5 Å². The Bertz CT molecular complexity index is 608. The van der Waals surface area contributed by atoms with Crippen molar-refractivity contribution in [1.82, 2.24) is 15.5 Å². The van der Waals surface area contributed by atoms with E-state index in [4.69, 9.17) is 9.47 Å². The highest BCUT2D eigenvalue weighted by Crippen LogP contribution is 2.33. The van der Waals surface area contributed by atoms with Crippen LogP contribution in [0.1, 0.15) is 31.9 Å². The van der Waals surface area contributed by atoms with Crippen molar-refractivity contribution in [2.45, 2.75) is 33.7 Å². The van der Waals surface area contributed by atoms with Crippen LogP contribution in [0.25, 0.3) is 0 Å². The number of hydrogen-bond acceptors (Lipinski definition) is 4. The van der Waals surface area contributed by atoms with Gasteiger partial charge in [-0.25, -0.2) is 0 Å². The van der Waals surface area contributed by atoms with E-state index in [0.29, 0.717) is 5.92 Å². The van der Waals surface area contributed by atoms with Crippen molar-refractivity contribution >= 4 is 29.9 Å². The molecule has 154 valence electrons. The van der Waals surface area contributed by atoms with Gasteiger partial charge in [-0.1, -0.05) is 13.8 Å². The number of halogens is 1. The molecule has 7 heteroatoms. The van der Waals surface area contributed by atoms with Crippen LogP contribution in [0.2, 0.25) is 0 Å². The summed E-state index contributed by atoms with van der Waals surface area (Å²) in [7, 11) is 3.38. The SMILES string of the molecule is CCNC(=NCC(C)C)NCCN1CCc2cc(OC)c(OC)cc2C1.I. The number of nitrogens with zero attached hydrogens (tertiary/aromatic N) is 2. The summed E-state index contributed by atoms with van der Waals surface area (Å²) in [6.45, 7) is 12.0. The number of benzene rings is 1. The fourth-order valence-electron chi connectivity index (χ4n) is 3.08. The molecule has 0 amide bonds. The zero-order valence-electron chi connectivity index (χ0n) is 17.3. The maximum absolute atomic E-state index is 5.44. The van der Waals surface area contributed by atoms with Crippen LogP contribution in [0.15, 0.2) is 17.1 Å². The zero-order chi connectivity index (χ0) is 18.9. The summed E-state index contributed by atoms with van der Waals surface area (Å²) in [6.07, 6.45) is 1.04. The maximum atomic E-state index is 5.44. The molecular weight excluding hydrogens is 455 g/mol. The first kappa shape index (κ1) is 23.8. The largest absolute Gasteiger partial charge is 0.493 e. The van der Waals surface area contributed by atoms with Crippen LogP contribution in [-0.2, 0) is 13.0 Å². The molecular formula is C20H35IN4O2. The number of rotatable bonds is 8. The molecule has 0 saturated carbocycles. The van der Waals surface area contributed by atoms with Gasteiger partial charge in [-0.15, -0.1) is 24.0 Å². The maximum Gasteiger partial charge on any atom is 0.191 e. The van der Waals surface area contributed by atoms with E-state index in [0.717, 1.165) is 63.1 Å². The van der Waals surface area contributed by atoms with Crippen LogP contribution in [0.5, 0.6) is 11.5 Å². The average molecular weight is 490 g/mol. The average Bonchev–Trinajstić information content (AvgIpc) is 2.64. The number of hydrogen-bond donors (Lipinski definition) is 2. The number of ether oxygens (including phenoxy) is 2. The summed E-state index contributed by atoms with van der Waals surface area (Å²) in [6, 6.07) is 4.23. The third kappa shape index (κ3) is 7.37. The Morgan fingerprint density at radius 2 is 1.81 bits per heavy atom. The molecule has 0 aromatic heterocycles. The van der Waals surface area contributed by atoms with Crippen LogP contribution >= 0.6 is 24.0 Å². The van der Waals surface area contributed by atoms with Gasteiger partial charge in [0, 0.05) is 39.3 Å². The Labute approximate surface area is 181 Å². The zero-order valence-corrected chi connectivity index (χ0v) is 19.6. The predicted octanol–water partition coefficient (Wildman–Crippen LogP) is 2.89. The lowest BCUT2D eigenvalue weighted by Gasteiger charge is -2.29. The molecule has 6 nitrogen and oxygen atoms in total. The normalized spacial score (nSPS) is 14.4. The molecule has 0 aliphatic carbocycles. The van der Waals surface area contributed by atoms with Gasteiger partial charge in [0.15, 0.2) is 17.5 Å². The minimum Gasteiger partial charge on any atom is -0.493 e. The molecule has 0 atom stereocenters. The molecule has 1 aliphatic rings. The van der Waals surface area contributed by atoms with E-state index in [9.17, 15) is 0 Å². The molecule has 27 heavy (non-hydrogen) atoms. The van der Waals surface area contributed by atoms with Crippen molar-refractivity contribution in [1.29, 1.82) is 0 Å². The Morgan fingerprint density at radius 1 is 1.15 bits per heavy atom. The van der Waals surface area contributed by atoms with Crippen molar-refractivity contribution in [3.05, 3.63) is 23.3 Å². The van der Waals surface area contributed by atoms with Crippen molar-refractivity contribution < 1.29 is 9.47 Å². The summed E-state index contributed by atoms with van der Waals surface area (Å²) >= 11 is 0. The molecule has 0 radical (unpaired) electrons. The quantitative estimate of drug-likeness (QED) is 0.334.